The number of Topliss-reactive ketones (excluding diaryl/α,β-unsaturated/α-hetero) is 1. The molecule has 1 aliphatic rings. The quantitative estimate of drug-likeness (QED) is 0.669. The van der Waals surface area contributed by atoms with Crippen molar-refractivity contribution in [3.63, 3.8) is 0 Å². The maximum atomic E-state index is 13.1. The molecule has 30 heavy (non-hydrogen) atoms. The highest BCUT2D eigenvalue weighted by Crippen LogP contribution is 2.24. The second-order valence-corrected chi connectivity index (χ2v) is 7.05. The van der Waals surface area contributed by atoms with Crippen molar-refractivity contribution in [2.75, 3.05) is 26.3 Å². The molecule has 0 spiro atoms. The zero-order valence-corrected chi connectivity index (χ0v) is 17.7. The van der Waals surface area contributed by atoms with E-state index in [-0.39, 0.29) is 11.7 Å². The van der Waals surface area contributed by atoms with Gasteiger partial charge in [-0.05, 0) is 61.4 Å². The van der Waals surface area contributed by atoms with Crippen LogP contribution in [-0.4, -0.2) is 42.9 Å². The third-order valence-corrected chi connectivity index (χ3v) is 4.82. The standard InChI is InChI=1S/C25H27NO4/c1-4-29-23-10-6-19(7-11-23)14-21-16-26(18(3)27)17-22(25(21)28)15-20-8-12-24(13-9-20)30-5-2/h6-15H,4-5,16-17H2,1-3H3/b21-14+,22-15+. The summed E-state index contributed by atoms with van der Waals surface area (Å²) in [4.78, 5) is 26.9. The fourth-order valence-electron chi connectivity index (χ4n) is 3.32. The van der Waals surface area contributed by atoms with Crippen LogP contribution >= 0.6 is 0 Å². The summed E-state index contributed by atoms with van der Waals surface area (Å²) < 4.78 is 10.9. The molecule has 2 aromatic carbocycles. The number of benzene rings is 2. The second kappa shape index (κ2) is 9.92. The molecule has 156 valence electrons. The van der Waals surface area contributed by atoms with Crippen LogP contribution in [0.25, 0.3) is 12.2 Å². The summed E-state index contributed by atoms with van der Waals surface area (Å²) in [5, 5.41) is 0. The lowest BCUT2D eigenvalue weighted by Crippen LogP contribution is -2.40. The summed E-state index contributed by atoms with van der Waals surface area (Å²) in [7, 11) is 0. The molecule has 3 rings (SSSR count). The fraction of sp³-hybridized carbons (Fsp3) is 0.280. The van der Waals surface area contributed by atoms with Gasteiger partial charge in [-0.1, -0.05) is 24.3 Å². The van der Waals surface area contributed by atoms with Crippen molar-refractivity contribution >= 4 is 23.8 Å². The Morgan fingerprint density at radius 3 is 1.57 bits per heavy atom. The predicted octanol–water partition coefficient (Wildman–Crippen LogP) is 4.38. The third kappa shape index (κ3) is 5.38. The van der Waals surface area contributed by atoms with Gasteiger partial charge >= 0.3 is 0 Å². The topological polar surface area (TPSA) is 55.8 Å². The average Bonchev–Trinajstić information content (AvgIpc) is 2.74. The highest BCUT2D eigenvalue weighted by Gasteiger charge is 2.27. The molecular weight excluding hydrogens is 378 g/mol. The maximum absolute atomic E-state index is 13.1. The summed E-state index contributed by atoms with van der Waals surface area (Å²) in [6, 6.07) is 15.2. The van der Waals surface area contributed by atoms with Gasteiger partial charge in [0, 0.05) is 31.2 Å². The molecule has 1 heterocycles. The summed E-state index contributed by atoms with van der Waals surface area (Å²) in [6.07, 6.45) is 3.69. The highest BCUT2D eigenvalue weighted by molar-refractivity contribution is 6.15. The Bertz CT molecular complexity index is 884. The van der Waals surface area contributed by atoms with Gasteiger partial charge < -0.3 is 14.4 Å². The van der Waals surface area contributed by atoms with Crippen LogP contribution in [0.4, 0.5) is 0 Å². The molecule has 0 atom stereocenters. The largest absolute Gasteiger partial charge is 0.494 e. The van der Waals surface area contributed by atoms with E-state index in [0.717, 1.165) is 22.6 Å². The first-order valence-corrected chi connectivity index (χ1v) is 10.2. The van der Waals surface area contributed by atoms with E-state index in [1.165, 1.54) is 6.92 Å². The van der Waals surface area contributed by atoms with E-state index >= 15 is 0 Å². The summed E-state index contributed by atoms with van der Waals surface area (Å²) >= 11 is 0. The lowest BCUT2D eigenvalue weighted by Gasteiger charge is -2.29. The van der Waals surface area contributed by atoms with Crippen molar-refractivity contribution in [1.82, 2.24) is 4.90 Å². The number of hydrogen-bond acceptors (Lipinski definition) is 4. The minimum Gasteiger partial charge on any atom is -0.494 e. The fourth-order valence-corrected chi connectivity index (χ4v) is 3.32. The van der Waals surface area contributed by atoms with E-state index in [9.17, 15) is 9.59 Å². The number of ketones is 1. The summed E-state index contributed by atoms with van der Waals surface area (Å²) in [5.74, 6) is 1.49. The van der Waals surface area contributed by atoms with Crippen molar-refractivity contribution in [1.29, 1.82) is 0 Å². The third-order valence-electron chi connectivity index (χ3n) is 4.82. The van der Waals surface area contributed by atoms with Crippen molar-refractivity contribution in [2.24, 2.45) is 0 Å². The van der Waals surface area contributed by atoms with Crippen LogP contribution in [-0.2, 0) is 9.59 Å². The Morgan fingerprint density at radius 2 is 1.23 bits per heavy atom. The Hall–Kier alpha value is -3.34. The monoisotopic (exact) mass is 405 g/mol. The van der Waals surface area contributed by atoms with Crippen molar-refractivity contribution in [3.05, 3.63) is 70.8 Å². The van der Waals surface area contributed by atoms with Gasteiger partial charge in [-0.2, -0.15) is 0 Å². The van der Waals surface area contributed by atoms with Crippen molar-refractivity contribution in [3.8, 4) is 11.5 Å². The average molecular weight is 405 g/mol. The Balaban J connectivity index is 1.88. The molecule has 2 aromatic rings. The van der Waals surface area contributed by atoms with Crippen LogP contribution in [0.2, 0.25) is 0 Å². The molecule has 0 aromatic heterocycles. The number of piperidine rings is 1. The Morgan fingerprint density at radius 1 is 0.833 bits per heavy atom. The minimum atomic E-state index is -0.0577. The van der Waals surface area contributed by atoms with Gasteiger partial charge in [0.05, 0.1) is 13.2 Å². The van der Waals surface area contributed by atoms with Gasteiger partial charge in [0.15, 0.2) is 5.78 Å². The predicted molar refractivity (Wildman–Crippen MR) is 118 cm³/mol. The number of rotatable bonds is 6. The van der Waals surface area contributed by atoms with Gasteiger partial charge in [0.1, 0.15) is 11.5 Å². The first kappa shape index (κ1) is 21.4. The molecule has 0 aliphatic carbocycles. The van der Waals surface area contributed by atoms with E-state index in [0.29, 0.717) is 37.4 Å². The van der Waals surface area contributed by atoms with Crippen LogP contribution in [0.3, 0.4) is 0 Å². The van der Waals surface area contributed by atoms with Crippen molar-refractivity contribution < 1.29 is 19.1 Å². The Labute approximate surface area is 177 Å². The number of amides is 1. The van der Waals surface area contributed by atoms with Gasteiger partial charge in [0.2, 0.25) is 5.91 Å². The number of carbonyl (C=O) groups is 2. The maximum Gasteiger partial charge on any atom is 0.220 e. The first-order valence-electron chi connectivity index (χ1n) is 10.2. The number of nitrogens with zero attached hydrogens (tertiary/aromatic N) is 1. The molecule has 1 amide bonds. The van der Waals surface area contributed by atoms with Crippen LogP contribution in [0.15, 0.2) is 59.7 Å². The lowest BCUT2D eigenvalue weighted by atomic mass is 9.94. The van der Waals surface area contributed by atoms with E-state index in [4.69, 9.17) is 9.47 Å². The normalized spacial score (nSPS) is 16.8. The summed E-state index contributed by atoms with van der Waals surface area (Å²) in [6.45, 7) is 7.22. The minimum absolute atomic E-state index is 0.0322. The number of likely N-dealkylation sites (tertiary alicyclic amines) is 1. The smallest absolute Gasteiger partial charge is 0.220 e. The first-order chi connectivity index (χ1) is 14.5. The molecular formula is C25H27NO4. The number of carbonyl (C=O) groups excluding carboxylic acids is 2. The lowest BCUT2D eigenvalue weighted by molar-refractivity contribution is -0.129. The summed E-state index contributed by atoms with van der Waals surface area (Å²) in [5.41, 5.74) is 2.98. The van der Waals surface area contributed by atoms with E-state index in [2.05, 4.69) is 0 Å². The zero-order chi connectivity index (χ0) is 21.5. The number of ether oxygens (including phenoxy) is 2. The molecule has 1 saturated heterocycles. The molecule has 1 aliphatic heterocycles. The molecule has 0 radical (unpaired) electrons. The van der Waals surface area contributed by atoms with Crippen LogP contribution in [0.5, 0.6) is 11.5 Å². The van der Waals surface area contributed by atoms with E-state index in [1.807, 2.05) is 74.5 Å². The molecule has 1 fully saturated rings. The molecule has 0 bridgehead atoms. The van der Waals surface area contributed by atoms with Crippen LogP contribution < -0.4 is 9.47 Å². The number of hydrogen-bond donors (Lipinski definition) is 0. The SMILES string of the molecule is CCOc1ccc(/C=C2\CN(C(C)=O)C/C(=C\c3ccc(OCC)cc3)C2=O)cc1. The molecule has 5 nitrogen and oxygen atoms in total. The van der Waals surface area contributed by atoms with Gasteiger partial charge in [-0.25, -0.2) is 0 Å². The van der Waals surface area contributed by atoms with Gasteiger partial charge in [-0.3, -0.25) is 9.59 Å². The molecule has 0 unspecified atom stereocenters. The molecule has 0 N–H and O–H groups in total. The second-order valence-electron chi connectivity index (χ2n) is 7.05. The van der Waals surface area contributed by atoms with Crippen LogP contribution in [0.1, 0.15) is 31.9 Å². The molecule has 5 heteroatoms. The van der Waals surface area contributed by atoms with Crippen molar-refractivity contribution in [2.45, 2.75) is 20.8 Å². The van der Waals surface area contributed by atoms with Gasteiger partial charge in [0.25, 0.3) is 0 Å². The Kier molecular flexibility index (Phi) is 7.07. The van der Waals surface area contributed by atoms with E-state index < -0.39 is 0 Å². The highest BCUT2D eigenvalue weighted by atomic mass is 16.5. The van der Waals surface area contributed by atoms with Crippen LogP contribution in [0, 0.1) is 0 Å². The molecule has 0 saturated carbocycles. The van der Waals surface area contributed by atoms with Gasteiger partial charge in [-0.15, -0.1) is 0 Å². The zero-order valence-electron chi connectivity index (χ0n) is 17.7. The van der Waals surface area contributed by atoms with E-state index in [1.54, 1.807) is 4.90 Å².